The topological polar surface area (TPSA) is 46.3 Å². The largest absolute Gasteiger partial charge is 0.338 e. The van der Waals surface area contributed by atoms with Gasteiger partial charge in [-0.05, 0) is 33.6 Å². The van der Waals surface area contributed by atoms with Crippen molar-refractivity contribution in [1.29, 1.82) is 0 Å². The van der Waals surface area contributed by atoms with E-state index in [9.17, 15) is 4.79 Å². The number of carbonyl (C=O) groups is 1. The molecular formula is C10H20N2O. The number of likely N-dealkylation sites (tertiary alicyclic amines) is 1. The van der Waals surface area contributed by atoms with Crippen molar-refractivity contribution in [3.8, 4) is 0 Å². The molecule has 1 heterocycles. The third kappa shape index (κ3) is 2.44. The van der Waals surface area contributed by atoms with Crippen molar-refractivity contribution >= 4 is 5.91 Å². The van der Waals surface area contributed by atoms with E-state index in [1.165, 1.54) is 0 Å². The minimum absolute atomic E-state index is 0.0242. The van der Waals surface area contributed by atoms with Crippen molar-refractivity contribution < 1.29 is 4.79 Å². The van der Waals surface area contributed by atoms with Gasteiger partial charge in [-0.2, -0.15) is 0 Å². The molecule has 1 saturated heterocycles. The van der Waals surface area contributed by atoms with E-state index in [-0.39, 0.29) is 17.5 Å². The highest BCUT2D eigenvalue weighted by atomic mass is 16.2. The van der Waals surface area contributed by atoms with Crippen molar-refractivity contribution in [3.05, 3.63) is 0 Å². The van der Waals surface area contributed by atoms with Gasteiger partial charge in [0.2, 0.25) is 5.91 Å². The molecule has 0 saturated carbocycles. The Morgan fingerprint density at radius 3 is 2.62 bits per heavy atom. The Hall–Kier alpha value is -0.570. The summed E-state index contributed by atoms with van der Waals surface area (Å²) in [4.78, 5) is 13.7. The van der Waals surface area contributed by atoms with Crippen LogP contribution in [0.15, 0.2) is 0 Å². The molecule has 2 N–H and O–H groups in total. The fraction of sp³-hybridized carbons (Fsp3) is 0.900. The molecule has 0 aromatic heterocycles. The second-order valence-electron chi connectivity index (χ2n) is 4.64. The zero-order chi connectivity index (χ0) is 10.1. The van der Waals surface area contributed by atoms with Gasteiger partial charge in [-0.1, -0.05) is 0 Å². The molecule has 1 atom stereocenters. The smallest absolute Gasteiger partial charge is 0.224 e. The molecule has 0 bridgehead atoms. The summed E-state index contributed by atoms with van der Waals surface area (Å²) < 4.78 is 0. The molecule has 0 aromatic rings. The standard InChI is InChI=1S/C10H20N2O/c1-8(11)7-9(13)12-6-4-5-10(12,2)3/h8H,4-7,11H2,1-3H3. The van der Waals surface area contributed by atoms with E-state index in [2.05, 4.69) is 13.8 Å². The zero-order valence-electron chi connectivity index (χ0n) is 8.84. The lowest BCUT2D eigenvalue weighted by Gasteiger charge is -2.32. The summed E-state index contributed by atoms with van der Waals surface area (Å²) in [6.07, 6.45) is 2.71. The number of hydrogen-bond acceptors (Lipinski definition) is 2. The summed E-state index contributed by atoms with van der Waals surface area (Å²) in [7, 11) is 0. The zero-order valence-corrected chi connectivity index (χ0v) is 8.84. The lowest BCUT2D eigenvalue weighted by Crippen LogP contribution is -2.44. The fourth-order valence-corrected chi connectivity index (χ4v) is 1.96. The molecular weight excluding hydrogens is 164 g/mol. The van der Waals surface area contributed by atoms with Crippen LogP contribution in [-0.4, -0.2) is 28.9 Å². The maximum atomic E-state index is 11.7. The highest BCUT2D eigenvalue weighted by Crippen LogP contribution is 2.28. The molecule has 0 spiro atoms. The van der Waals surface area contributed by atoms with Gasteiger partial charge in [0.05, 0.1) is 0 Å². The van der Waals surface area contributed by atoms with Crippen LogP contribution < -0.4 is 5.73 Å². The Kier molecular flexibility index (Phi) is 2.96. The number of nitrogens with zero attached hydrogens (tertiary/aromatic N) is 1. The molecule has 3 heteroatoms. The van der Waals surface area contributed by atoms with Gasteiger partial charge in [0, 0.05) is 24.5 Å². The molecule has 0 aliphatic carbocycles. The van der Waals surface area contributed by atoms with Crippen molar-refractivity contribution in [2.24, 2.45) is 5.73 Å². The van der Waals surface area contributed by atoms with Crippen LogP contribution in [0, 0.1) is 0 Å². The van der Waals surface area contributed by atoms with Gasteiger partial charge in [0.1, 0.15) is 0 Å². The normalized spacial score (nSPS) is 23.2. The summed E-state index contributed by atoms with van der Waals surface area (Å²) in [6, 6.07) is -0.0242. The van der Waals surface area contributed by atoms with E-state index in [0.29, 0.717) is 6.42 Å². The second kappa shape index (κ2) is 3.66. The summed E-state index contributed by atoms with van der Waals surface area (Å²) >= 11 is 0. The molecule has 3 nitrogen and oxygen atoms in total. The number of rotatable bonds is 2. The van der Waals surface area contributed by atoms with Gasteiger partial charge in [-0.15, -0.1) is 0 Å². The van der Waals surface area contributed by atoms with E-state index in [1.807, 2.05) is 11.8 Å². The number of carbonyl (C=O) groups excluding carboxylic acids is 1. The highest BCUT2D eigenvalue weighted by molar-refractivity contribution is 5.77. The Bertz CT molecular complexity index is 199. The third-order valence-electron chi connectivity index (χ3n) is 2.70. The Balaban J connectivity index is 2.56. The van der Waals surface area contributed by atoms with Crippen LogP contribution in [0.25, 0.3) is 0 Å². The molecule has 1 rings (SSSR count). The van der Waals surface area contributed by atoms with Crippen LogP contribution in [0.1, 0.15) is 40.0 Å². The quantitative estimate of drug-likeness (QED) is 0.699. The molecule has 1 aliphatic rings. The predicted molar refractivity (Wildman–Crippen MR) is 53.3 cm³/mol. The van der Waals surface area contributed by atoms with Crippen molar-refractivity contribution in [2.45, 2.75) is 51.6 Å². The van der Waals surface area contributed by atoms with Crippen LogP contribution in [0.3, 0.4) is 0 Å². The number of hydrogen-bond donors (Lipinski definition) is 1. The first-order chi connectivity index (χ1) is 5.93. The minimum Gasteiger partial charge on any atom is -0.338 e. The molecule has 1 aliphatic heterocycles. The monoisotopic (exact) mass is 184 g/mol. The summed E-state index contributed by atoms with van der Waals surface area (Å²) in [5.41, 5.74) is 5.65. The van der Waals surface area contributed by atoms with E-state index in [4.69, 9.17) is 5.73 Å². The van der Waals surface area contributed by atoms with Crippen LogP contribution in [-0.2, 0) is 4.79 Å². The van der Waals surface area contributed by atoms with Crippen LogP contribution in [0.2, 0.25) is 0 Å². The van der Waals surface area contributed by atoms with Crippen molar-refractivity contribution in [1.82, 2.24) is 4.90 Å². The minimum atomic E-state index is -0.0242. The molecule has 1 unspecified atom stereocenters. The van der Waals surface area contributed by atoms with Crippen molar-refractivity contribution in [2.75, 3.05) is 6.54 Å². The Morgan fingerprint density at radius 2 is 2.23 bits per heavy atom. The molecule has 1 amide bonds. The first-order valence-electron chi connectivity index (χ1n) is 4.99. The fourth-order valence-electron chi connectivity index (χ4n) is 1.96. The number of nitrogens with two attached hydrogens (primary N) is 1. The first-order valence-corrected chi connectivity index (χ1v) is 4.99. The van der Waals surface area contributed by atoms with Crippen LogP contribution >= 0.6 is 0 Å². The summed E-state index contributed by atoms with van der Waals surface area (Å²) in [5.74, 6) is 0.206. The average Bonchev–Trinajstić information content (AvgIpc) is 2.27. The van der Waals surface area contributed by atoms with Gasteiger partial charge in [-0.3, -0.25) is 4.79 Å². The van der Waals surface area contributed by atoms with E-state index in [0.717, 1.165) is 19.4 Å². The second-order valence-corrected chi connectivity index (χ2v) is 4.64. The molecule has 0 aromatic carbocycles. The third-order valence-corrected chi connectivity index (χ3v) is 2.70. The molecule has 1 fully saturated rings. The highest BCUT2D eigenvalue weighted by Gasteiger charge is 2.35. The Morgan fingerprint density at radius 1 is 1.62 bits per heavy atom. The Labute approximate surface area is 80.3 Å². The summed E-state index contributed by atoms with van der Waals surface area (Å²) in [6.45, 7) is 7.03. The lowest BCUT2D eigenvalue weighted by atomic mass is 10.0. The van der Waals surface area contributed by atoms with Crippen molar-refractivity contribution in [3.63, 3.8) is 0 Å². The molecule has 76 valence electrons. The number of amides is 1. The summed E-state index contributed by atoms with van der Waals surface area (Å²) in [5, 5.41) is 0. The van der Waals surface area contributed by atoms with Crippen LogP contribution in [0.5, 0.6) is 0 Å². The molecule has 13 heavy (non-hydrogen) atoms. The maximum absolute atomic E-state index is 11.7. The lowest BCUT2D eigenvalue weighted by molar-refractivity contribution is -0.134. The van der Waals surface area contributed by atoms with Gasteiger partial charge < -0.3 is 10.6 Å². The average molecular weight is 184 g/mol. The van der Waals surface area contributed by atoms with E-state index < -0.39 is 0 Å². The van der Waals surface area contributed by atoms with Gasteiger partial charge in [-0.25, -0.2) is 0 Å². The maximum Gasteiger partial charge on any atom is 0.224 e. The first kappa shape index (κ1) is 10.5. The molecule has 0 radical (unpaired) electrons. The van der Waals surface area contributed by atoms with E-state index in [1.54, 1.807) is 0 Å². The van der Waals surface area contributed by atoms with E-state index >= 15 is 0 Å². The predicted octanol–water partition coefficient (Wildman–Crippen LogP) is 1.12. The van der Waals surface area contributed by atoms with Gasteiger partial charge in [0.25, 0.3) is 0 Å². The van der Waals surface area contributed by atoms with Crippen LogP contribution in [0.4, 0.5) is 0 Å². The van der Waals surface area contributed by atoms with Gasteiger partial charge in [0.15, 0.2) is 0 Å². The van der Waals surface area contributed by atoms with Gasteiger partial charge >= 0.3 is 0 Å². The SMILES string of the molecule is CC(N)CC(=O)N1CCCC1(C)C.